The molecular formula is C28H29F3N2O5. The van der Waals surface area contributed by atoms with Crippen LogP contribution in [0.2, 0.25) is 0 Å². The van der Waals surface area contributed by atoms with E-state index >= 15 is 0 Å². The van der Waals surface area contributed by atoms with E-state index in [0.29, 0.717) is 22.1 Å². The smallest absolute Gasteiger partial charge is 0.416 e. The molecule has 4 rings (SSSR count). The highest BCUT2D eigenvalue weighted by Gasteiger charge is 2.49. The molecule has 1 aliphatic heterocycles. The van der Waals surface area contributed by atoms with Crippen molar-refractivity contribution in [2.24, 2.45) is 0 Å². The van der Waals surface area contributed by atoms with Crippen molar-refractivity contribution in [2.75, 3.05) is 13.1 Å². The van der Waals surface area contributed by atoms with Gasteiger partial charge in [0.05, 0.1) is 24.7 Å². The van der Waals surface area contributed by atoms with Crippen LogP contribution in [0.3, 0.4) is 0 Å². The second kappa shape index (κ2) is 9.83. The molecule has 1 atom stereocenters. The normalized spacial score (nSPS) is 15.9. The summed E-state index contributed by atoms with van der Waals surface area (Å²) >= 11 is 0. The molecule has 38 heavy (non-hydrogen) atoms. The molecule has 0 saturated carbocycles. The van der Waals surface area contributed by atoms with Crippen LogP contribution in [0.1, 0.15) is 43.6 Å². The van der Waals surface area contributed by atoms with Gasteiger partial charge in [0.2, 0.25) is 0 Å². The molecule has 1 saturated heterocycles. The lowest BCUT2D eigenvalue weighted by atomic mass is 9.87. The molecule has 0 bridgehead atoms. The molecule has 0 aliphatic carbocycles. The lowest BCUT2D eigenvalue weighted by molar-refractivity contribution is -0.137. The number of likely N-dealkylation sites (tertiary alicyclic amines) is 1. The monoisotopic (exact) mass is 530 g/mol. The highest BCUT2D eigenvalue weighted by atomic mass is 19.4. The third-order valence-corrected chi connectivity index (χ3v) is 6.25. The minimum atomic E-state index is -4.43. The van der Waals surface area contributed by atoms with Crippen molar-refractivity contribution >= 4 is 22.8 Å². The van der Waals surface area contributed by atoms with Gasteiger partial charge in [0.1, 0.15) is 22.7 Å². The van der Waals surface area contributed by atoms with E-state index < -0.39 is 41.0 Å². The molecule has 0 aromatic heterocycles. The first-order valence-electron chi connectivity index (χ1n) is 12.0. The van der Waals surface area contributed by atoms with Crippen LogP contribution in [0.5, 0.6) is 11.5 Å². The third kappa shape index (κ3) is 6.02. The number of β-amino-alcohol motifs (C(OH)–C–C–N with tert-alkyl or cyclic N) is 1. The van der Waals surface area contributed by atoms with Crippen LogP contribution in [0.15, 0.2) is 60.7 Å². The first-order chi connectivity index (χ1) is 17.6. The fourth-order valence-electron chi connectivity index (χ4n) is 4.08. The number of aliphatic hydroxyl groups is 1. The largest absolute Gasteiger partial charge is 0.457 e. The fourth-order valence-corrected chi connectivity index (χ4v) is 4.08. The molecule has 3 aromatic rings. The number of carbonyl (C=O) groups is 2. The fraction of sp³-hybridized carbons (Fsp3) is 0.357. The quantitative estimate of drug-likeness (QED) is 0.439. The maximum absolute atomic E-state index is 12.9. The number of amides is 2. The molecule has 0 radical (unpaired) electrons. The van der Waals surface area contributed by atoms with Gasteiger partial charge in [-0.3, -0.25) is 4.79 Å². The number of halogens is 3. The lowest BCUT2D eigenvalue weighted by Crippen LogP contribution is -2.71. The Hall–Kier alpha value is -3.79. The Kier molecular flexibility index (Phi) is 7.05. The molecule has 1 fully saturated rings. The maximum atomic E-state index is 12.9. The predicted molar refractivity (Wildman–Crippen MR) is 135 cm³/mol. The molecule has 0 unspecified atom stereocenters. The van der Waals surface area contributed by atoms with Gasteiger partial charge in [-0.1, -0.05) is 12.1 Å². The van der Waals surface area contributed by atoms with E-state index in [1.165, 1.54) is 17.0 Å². The summed E-state index contributed by atoms with van der Waals surface area (Å²) in [4.78, 5) is 26.5. The van der Waals surface area contributed by atoms with Crippen molar-refractivity contribution in [3.05, 3.63) is 71.8 Å². The molecule has 3 aromatic carbocycles. The summed E-state index contributed by atoms with van der Waals surface area (Å²) in [5.41, 5.74) is -2.35. The average molecular weight is 531 g/mol. The highest BCUT2D eigenvalue weighted by Crippen LogP contribution is 2.34. The standard InChI is InChI=1S/C28H29F3N2O5/c1-17(27(36)15-33(16-27)25(35)38-26(2,3)4)32-24(34)19-8-13-22-18(14-19)6-5-7-23(22)37-21-11-9-20(10-12-21)28(29,30)31/h5-14,17,36H,15-16H2,1-4H3,(H,32,34)/t17-/m1/s1. The number of alkyl halides is 3. The number of carbonyl (C=O) groups excluding carboxylic acids is 2. The summed E-state index contributed by atoms with van der Waals surface area (Å²) in [6, 6.07) is 13.9. The van der Waals surface area contributed by atoms with Crippen molar-refractivity contribution in [3.63, 3.8) is 0 Å². The Morgan fingerprint density at radius 3 is 2.29 bits per heavy atom. The van der Waals surface area contributed by atoms with Crippen LogP contribution in [0.25, 0.3) is 10.8 Å². The SMILES string of the molecule is C[C@@H](NC(=O)c1ccc2c(Oc3ccc(C(F)(F)F)cc3)cccc2c1)C1(O)CN(C(=O)OC(C)(C)C)C1. The van der Waals surface area contributed by atoms with Gasteiger partial charge in [0, 0.05) is 10.9 Å². The molecule has 1 aliphatic rings. The van der Waals surface area contributed by atoms with Gasteiger partial charge in [-0.05, 0) is 81.6 Å². The van der Waals surface area contributed by atoms with E-state index in [1.54, 1.807) is 64.1 Å². The number of rotatable bonds is 5. The summed E-state index contributed by atoms with van der Waals surface area (Å²) in [6.07, 6.45) is -4.96. The van der Waals surface area contributed by atoms with Crippen LogP contribution in [0.4, 0.5) is 18.0 Å². The van der Waals surface area contributed by atoms with E-state index in [2.05, 4.69) is 5.32 Å². The molecule has 2 amide bonds. The van der Waals surface area contributed by atoms with E-state index in [1.807, 2.05) is 0 Å². The number of hydrogen-bond acceptors (Lipinski definition) is 5. The summed E-state index contributed by atoms with van der Waals surface area (Å²) in [6.45, 7) is 7.01. The van der Waals surface area contributed by atoms with Crippen LogP contribution < -0.4 is 10.1 Å². The summed E-state index contributed by atoms with van der Waals surface area (Å²) in [5, 5.41) is 15.0. The Balaban J connectivity index is 1.42. The van der Waals surface area contributed by atoms with Crippen LogP contribution >= 0.6 is 0 Å². The summed E-state index contributed by atoms with van der Waals surface area (Å²) in [7, 11) is 0. The molecular weight excluding hydrogens is 501 g/mol. The van der Waals surface area contributed by atoms with Gasteiger partial charge in [-0.25, -0.2) is 4.79 Å². The minimum absolute atomic E-state index is 0.0335. The topological polar surface area (TPSA) is 88.1 Å². The molecule has 7 nitrogen and oxygen atoms in total. The van der Waals surface area contributed by atoms with Crippen molar-refractivity contribution in [2.45, 2.75) is 51.1 Å². The first kappa shape index (κ1) is 27.3. The minimum Gasteiger partial charge on any atom is -0.457 e. The molecule has 2 N–H and O–H groups in total. The zero-order chi connectivity index (χ0) is 27.9. The number of nitrogens with one attached hydrogen (secondary N) is 1. The Bertz CT molecular complexity index is 1340. The van der Waals surface area contributed by atoms with Crippen LogP contribution in [-0.2, 0) is 10.9 Å². The van der Waals surface area contributed by atoms with Crippen molar-refractivity contribution in [3.8, 4) is 11.5 Å². The summed E-state index contributed by atoms with van der Waals surface area (Å²) in [5.74, 6) is 0.265. The zero-order valence-corrected chi connectivity index (χ0v) is 21.4. The van der Waals surface area contributed by atoms with Crippen molar-refractivity contribution < 1.29 is 37.3 Å². The second-order valence-electron chi connectivity index (χ2n) is 10.5. The Morgan fingerprint density at radius 1 is 1.03 bits per heavy atom. The lowest BCUT2D eigenvalue weighted by Gasteiger charge is -2.49. The number of ether oxygens (including phenoxy) is 2. The van der Waals surface area contributed by atoms with Crippen LogP contribution in [0, 0.1) is 0 Å². The Labute approximate surface area is 218 Å². The van der Waals surface area contributed by atoms with Gasteiger partial charge >= 0.3 is 12.3 Å². The number of benzene rings is 3. The third-order valence-electron chi connectivity index (χ3n) is 6.25. The molecule has 0 spiro atoms. The number of fused-ring (bicyclic) bond motifs is 1. The predicted octanol–water partition coefficient (Wildman–Crippen LogP) is 5.75. The van der Waals surface area contributed by atoms with Gasteiger partial charge in [-0.15, -0.1) is 0 Å². The Morgan fingerprint density at radius 2 is 1.68 bits per heavy atom. The zero-order valence-electron chi connectivity index (χ0n) is 21.4. The molecule has 10 heteroatoms. The van der Waals surface area contributed by atoms with Gasteiger partial charge in [-0.2, -0.15) is 13.2 Å². The average Bonchev–Trinajstić information content (AvgIpc) is 2.80. The van der Waals surface area contributed by atoms with E-state index in [9.17, 15) is 27.9 Å². The van der Waals surface area contributed by atoms with E-state index in [0.717, 1.165) is 12.1 Å². The van der Waals surface area contributed by atoms with E-state index in [-0.39, 0.29) is 18.8 Å². The van der Waals surface area contributed by atoms with Crippen LogP contribution in [-0.4, -0.2) is 52.3 Å². The molecule has 202 valence electrons. The first-order valence-corrected chi connectivity index (χ1v) is 12.0. The molecule has 1 heterocycles. The number of hydrogen-bond donors (Lipinski definition) is 2. The summed E-state index contributed by atoms with van der Waals surface area (Å²) < 4.78 is 49.6. The van der Waals surface area contributed by atoms with Gasteiger partial charge in [0.25, 0.3) is 5.91 Å². The number of nitrogens with zero attached hydrogens (tertiary/aromatic N) is 1. The van der Waals surface area contributed by atoms with Crippen molar-refractivity contribution in [1.82, 2.24) is 10.2 Å². The van der Waals surface area contributed by atoms with E-state index in [4.69, 9.17) is 9.47 Å². The van der Waals surface area contributed by atoms with Gasteiger partial charge in [0.15, 0.2) is 0 Å². The highest BCUT2D eigenvalue weighted by molar-refractivity contribution is 6.00. The van der Waals surface area contributed by atoms with Crippen molar-refractivity contribution in [1.29, 1.82) is 0 Å². The maximum Gasteiger partial charge on any atom is 0.416 e. The second-order valence-corrected chi connectivity index (χ2v) is 10.5. The van der Waals surface area contributed by atoms with Gasteiger partial charge < -0.3 is 24.8 Å².